The van der Waals surface area contributed by atoms with Gasteiger partial charge in [-0.3, -0.25) is 0 Å². The maximum atomic E-state index is 5.93. The Hall–Kier alpha value is -2.10. The number of hydrogen-bond acceptors (Lipinski definition) is 4. The molecule has 0 aliphatic heterocycles. The number of hydrogen-bond donors (Lipinski definition) is 2. The summed E-state index contributed by atoms with van der Waals surface area (Å²) < 4.78 is 0. The van der Waals surface area contributed by atoms with E-state index in [2.05, 4.69) is 47.3 Å². The van der Waals surface area contributed by atoms with Gasteiger partial charge in [-0.1, -0.05) is 19.1 Å². The van der Waals surface area contributed by atoms with Crippen LogP contribution in [0.3, 0.4) is 0 Å². The number of rotatable bonds is 3. The fraction of sp³-hybridized carbons (Fsp3) is 0.333. The molecule has 3 N–H and O–H groups in total. The monoisotopic (exact) mass is 256 g/mol. The number of nitrogens with zero attached hydrogens (tertiary/aromatic N) is 2. The van der Waals surface area contributed by atoms with Gasteiger partial charge < -0.3 is 11.1 Å². The van der Waals surface area contributed by atoms with Gasteiger partial charge in [-0.25, -0.2) is 9.97 Å². The maximum absolute atomic E-state index is 5.93. The molecule has 1 heterocycles. The van der Waals surface area contributed by atoms with Gasteiger partial charge in [-0.2, -0.15) is 0 Å². The quantitative estimate of drug-likeness (QED) is 0.884. The maximum Gasteiger partial charge on any atom is 0.139 e. The first-order valence-electron chi connectivity index (χ1n) is 6.48. The fourth-order valence-corrected chi connectivity index (χ4v) is 1.86. The van der Waals surface area contributed by atoms with Crippen molar-refractivity contribution >= 4 is 17.3 Å². The zero-order chi connectivity index (χ0) is 14.0. The van der Waals surface area contributed by atoms with Gasteiger partial charge in [-0.15, -0.1) is 0 Å². The van der Waals surface area contributed by atoms with Crippen LogP contribution in [-0.2, 0) is 6.42 Å². The minimum absolute atomic E-state index is 0.541. The highest BCUT2D eigenvalue weighted by Gasteiger charge is 2.09. The van der Waals surface area contributed by atoms with Crippen LogP contribution in [-0.4, -0.2) is 9.97 Å². The molecule has 1 aromatic carbocycles. The molecule has 0 unspecified atom stereocenters. The SMILES string of the molecule is CCc1nc(N)c(C)c(Nc2cc(C)ccc2C)n1. The highest BCUT2D eigenvalue weighted by Crippen LogP contribution is 2.25. The molecule has 4 nitrogen and oxygen atoms in total. The average Bonchev–Trinajstić information content (AvgIpc) is 2.38. The van der Waals surface area contributed by atoms with Crippen molar-refractivity contribution in [2.24, 2.45) is 0 Å². The van der Waals surface area contributed by atoms with Crippen LogP contribution < -0.4 is 11.1 Å². The van der Waals surface area contributed by atoms with Crippen molar-refractivity contribution in [3.8, 4) is 0 Å². The van der Waals surface area contributed by atoms with Crippen molar-refractivity contribution in [1.82, 2.24) is 9.97 Å². The van der Waals surface area contributed by atoms with Crippen molar-refractivity contribution in [3.05, 3.63) is 40.7 Å². The minimum Gasteiger partial charge on any atom is -0.383 e. The number of benzene rings is 1. The molecule has 4 heteroatoms. The summed E-state index contributed by atoms with van der Waals surface area (Å²) in [5, 5.41) is 3.37. The van der Waals surface area contributed by atoms with Crippen molar-refractivity contribution in [2.45, 2.75) is 34.1 Å². The first-order chi connectivity index (χ1) is 9.01. The number of anilines is 3. The molecule has 1 aromatic heterocycles. The zero-order valence-electron chi connectivity index (χ0n) is 11.9. The summed E-state index contributed by atoms with van der Waals surface area (Å²) in [6, 6.07) is 6.30. The van der Waals surface area contributed by atoms with E-state index in [9.17, 15) is 0 Å². The van der Waals surface area contributed by atoms with Gasteiger partial charge in [0.2, 0.25) is 0 Å². The van der Waals surface area contributed by atoms with Crippen LogP contribution in [0.2, 0.25) is 0 Å². The van der Waals surface area contributed by atoms with E-state index < -0.39 is 0 Å². The summed E-state index contributed by atoms with van der Waals surface area (Å²) >= 11 is 0. The number of nitrogens with one attached hydrogen (secondary N) is 1. The summed E-state index contributed by atoms with van der Waals surface area (Å²) in [5.41, 5.74) is 10.3. The molecule has 0 bridgehead atoms. The summed E-state index contributed by atoms with van der Waals surface area (Å²) in [5.74, 6) is 2.09. The second-order valence-electron chi connectivity index (χ2n) is 4.80. The van der Waals surface area contributed by atoms with Crippen molar-refractivity contribution < 1.29 is 0 Å². The molecule has 0 aliphatic carbocycles. The Bertz CT molecular complexity index is 605. The lowest BCUT2D eigenvalue weighted by molar-refractivity contribution is 0.940. The lowest BCUT2D eigenvalue weighted by atomic mass is 10.1. The van der Waals surface area contributed by atoms with Crippen LogP contribution in [0.5, 0.6) is 0 Å². The van der Waals surface area contributed by atoms with Crippen LogP contribution in [0.25, 0.3) is 0 Å². The fourth-order valence-electron chi connectivity index (χ4n) is 1.86. The molecule has 0 aliphatic rings. The molecule has 0 fully saturated rings. The van der Waals surface area contributed by atoms with Crippen molar-refractivity contribution in [1.29, 1.82) is 0 Å². The first-order valence-corrected chi connectivity index (χ1v) is 6.48. The normalized spacial score (nSPS) is 10.5. The van der Waals surface area contributed by atoms with Crippen molar-refractivity contribution in [3.63, 3.8) is 0 Å². The summed E-state index contributed by atoms with van der Waals surface area (Å²) in [6.07, 6.45) is 0.770. The molecule has 0 spiro atoms. The Kier molecular flexibility index (Phi) is 3.69. The van der Waals surface area contributed by atoms with Crippen molar-refractivity contribution in [2.75, 3.05) is 11.1 Å². The second kappa shape index (κ2) is 5.26. The van der Waals surface area contributed by atoms with E-state index in [1.54, 1.807) is 0 Å². The lowest BCUT2D eigenvalue weighted by Crippen LogP contribution is -2.07. The molecule has 0 saturated heterocycles. The van der Waals surface area contributed by atoms with Gasteiger partial charge in [0.05, 0.1) is 0 Å². The minimum atomic E-state index is 0.541. The van der Waals surface area contributed by atoms with E-state index in [0.717, 1.165) is 29.3 Å². The van der Waals surface area contributed by atoms with Crippen LogP contribution in [0.1, 0.15) is 29.4 Å². The molecule has 0 saturated carbocycles. The topological polar surface area (TPSA) is 63.8 Å². The predicted molar refractivity (Wildman–Crippen MR) is 79.8 cm³/mol. The van der Waals surface area contributed by atoms with Crippen LogP contribution >= 0.6 is 0 Å². The van der Waals surface area contributed by atoms with Gasteiger partial charge >= 0.3 is 0 Å². The van der Waals surface area contributed by atoms with Gasteiger partial charge in [-0.05, 0) is 38.0 Å². The highest BCUT2D eigenvalue weighted by atomic mass is 15.1. The smallest absolute Gasteiger partial charge is 0.139 e. The third-order valence-corrected chi connectivity index (χ3v) is 3.19. The number of aromatic nitrogens is 2. The van der Waals surface area contributed by atoms with Gasteiger partial charge in [0.15, 0.2) is 0 Å². The predicted octanol–water partition coefficient (Wildman–Crippen LogP) is 3.29. The summed E-state index contributed by atoms with van der Waals surface area (Å²) in [4.78, 5) is 8.78. The Morgan fingerprint density at radius 2 is 1.89 bits per heavy atom. The third kappa shape index (κ3) is 2.84. The van der Waals surface area contributed by atoms with Crippen LogP contribution in [0.4, 0.5) is 17.3 Å². The Labute approximate surface area is 114 Å². The molecule has 2 rings (SSSR count). The lowest BCUT2D eigenvalue weighted by Gasteiger charge is -2.13. The standard InChI is InChI=1S/C15H20N4/c1-5-13-18-14(16)11(4)15(19-13)17-12-8-9(2)6-7-10(12)3/h6-8H,5H2,1-4H3,(H3,16,17,18,19). The molecule has 19 heavy (non-hydrogen) atoms. The number of nitrogens with two attached hydrogens (primary N) is 1. The van der Waals surface area contributed by atoms with E-state index in [1.165, 1.54) is 11.1 Å². The number of nitrogen functional groups attached to an aromatic ring is 1. The Morgan fingerprint density at radius 3 is 2.58 bits per heavy atom. The van der Waals surface area contributed by atoms with E-state index in [1.807, 2.05) is 13.8 Å². The second-order valence-corrected chi connectivity index (χ2v) is 4.80. The molecule has 0 radical (unpaired) electrons. The Balaban J connectivity index is 2.42. The van der Waals surface area contributed by atoms with E-state index in [-0.39, 0.29) is 0 Å². The van der Waals surface area contributed by atoms with E-state index in [4.69, 9.17) is 5.73 Å². The Morgan fingerprint density at radius 1 is 1.16 bits per heavy atom. The molecule has 0 amide bonds. The zero-order valence-corrected chi connectivity index (χ0v) is 11.9. The van der Waals surface area contributed by atoms with E-state index >= 15 is 0 Å². The highest BCUT2D eigenvalue weighted by molar-refractivity contribution is 5.66. The summed E-state index contributed by atoms with van der Waals surface area (Å²) in [7, 11) is 0. The van der Waals surface area contributed by atoms with Crippen LogP contribution in [0, 0.1) is 20.8 Å². The van der Waals surface area contributed by atoms with E-state index in [0.29, 0.717) is 5.82 Å². The molecule has 100 valence electrons. The summed E-state index contributed by atoms with van der Waals surface area (Å²) in [6.45, 7) is 8.10. The largest absolute Gasteiger partial charge is 0.383 e. The van der Waals surface area contributed by atoms with Crippen LogP contribution in [0.15, 0.2) is 18.2 Å². The molecular formula is C15H20N4. The van der Waals surface area contributed by atoms with Gasteiger partial charge in [0.1, 0.15) is 17.5 Å². The van der Waals surface area contributed by atoms with Gasteiger partial charge in [0, 0.05) is 17.7 Å². The first kappa shape index (κ1) is 13.3. The molecule has 0 atom stereocenters. The average molecular weight is 256 g/mol. The van der Waals surface area contributed by atoms with Gasteiger partial charge in [0.25, 0.3) is 0 Å². The number of aryl methyl sites for hydroxylation is 3. The third-order valence-electron chi connectivity index (χ3n) is 3.19. The molecular weight excluding hydrogens is 236 g/mol. The molecule has 2 aromatic rings.